The van der Waals surface area contributed by atoms with Gasteiger partial charge in [0.05, 0.1) is 18.1 Å². The number of methoxy groups -OCH3 is 1. The first-order valence-corrected chi connectivity index (χ1v) is 6.82. The first-order chi connectivity index (χ1) is 8.69. The van der Waals surface area contributed by atoms with Gasteiger partial charge in [-0.3, -0.25) is 0 Å². The summed E-state index contributed by atoms with van der Waals surface area (Å²) >= 11 is 7.73. The third kappa shape index (κ3) is 3.40. The smallest absolute Gasteiger partial charge is 0.337 e. The Morgan fingerprint density at radius 2 is 2.11 bits per heavy atom. The van der Waals surface area contributed by atoms with E-state index in [1.807, 2.05) is 24.3 Å². The maximum atomic E-state index is 11.3. The van der Waals surface area contributed by atoms with Crippen molar-refractivity contribution in [3.8, 4) is 0 Å². The zero-order valence-corrected chi connectivity index (χ0v) is 11.5. The van der Waals surface area contributed by atoms with Crippen LogP contribution in [-0.2, 0) is 4.74 Å². The standard InChI is InChI=1S/C14H13ClO2S/c1-17-14(16)10-5-7-12(8-6-10)18-13-4-2-3-11(15)9-13/h2-8,11H,9H2,1H3. The molecule has 1 aromatic rings. The molecular formula is C14H13ClO2S. The number of esters is 1. The van der Waals surface area contributed by atoms with Crippen molar-refractivity contribution < 1.29 is 9.53 Å². The summed E-state index contributed by atoms with van der Waals surface area (Å²) in [6.07, 6.45) is 6.87. The number of alkyl halides is 1. The number of carbonyl (C=O) groups excluding carboxylic acids is 1. The Hall–Kier alpha value is -1.19. The average Bonchev–Trinajstić information content (AvgIpc) is 2.39. The molecule has 0 aromatic heterocycles. The van der Waals surface area contributed by atoms with Crippen LogP contribution in [0.4, 0.5) is 0 Å². The summed E-state index contributed by atoms with van der Waals surface area (Å²) < 4.78 is 4.66. The minimum atomic E-state index is -0.313. The largest absolute Gasteiger partial charge is 0.465 e. The van der Waals surface area contributed by atoms with Gasteiger partial charge in [0.25, 0.3) is 0 Å². The third-order valence-corrected chi connectivity index (χ3v) is 3.90. The molecule has 0 saturated carbocycles. The Kier molecular flexibility index (Phi) is 4.50. The van der Waals surface area contributed by atoms with Gasteiger partial charge in [-0.25, -0.2) is 4.79 Å². The predicted molar refractivity (Wildman–Crippen MR) is 75.1 cm³/mol. The van der Waals surface area contributed by atoms with Crippen LogP contribution in [0.5, 0.6) is 0 Å². The van der Waals surface area contributed by atoms with Crippen molar-refractivity contribution in [1.29, 1.82) is 0 Å². The van der Waals surface area contributed by atoms with Crippen molar-refractivity contribution in [2.75, 3.05) is 7.11 Å². The highest BCUT2D eigenvalue weighted by atomic mass is 35.5. The number of benzene rings is 1. The molecule has 2 nitrogen and oxygen atoms in total. The molecule has 0 N–H and O–H groups in total. The predicted octanol–water partition coefficient (Wildman–Crippen LogP) is 4.02. The van der Waals surface area contributed by atoms with E-state index in [0.29, 0.717) is 5.56 Å². The molecule has 0 spiro atoms. The fraction of sp³-hybridized carbons (Fsp3) is 0.214. The summed E-state index contributed by atoms with van der Waals surface area (Å²) in [6.45, 7) is 0. The van der Waals surface area contributed by atoms with Crippen LogP contribution in [0.3, 0.4) is 0 Å². The van der Waals surface area contributed by atoms with Gasteiger partial charge in [0.15, 0.2) is 0 Å². The van der Waals surface area contributed by atoms with Crippen LogP contribution >= 0.6 is 23.4 Å². The monoisotopic (exact) mass is 280 g/mol. The van der Waals surface area contributed by atoms with Crippen LogP contribution in [-0.4, -0.2) is 18.5 Å². The van der Waals surface area contributed by atoms with Crippen LogP contribution in [0, 0.1) is 0 Å². The molecule has 18 heavy (non-hydrogen) atoms. The highest BCUT2D eigenvalue weighted by Crippen LogP contribution is 2.33. The van der Waals surface area contributed by atoms with Gasteiger partial charge >= 0.3 is 5.97 Å². The van der Waals surface area contributed by atoms with E-state index in [1.54, 1.807) is 23.9 Å². The SMILES string of the molecule is COC(=O)c1ccc(SC2=CC=CC(Cl)C2)cc1. The van der Waals surface area contributed by atoms with Gasteiger partial charge in [-0.2, -0.15) is 0 Å². The number of rotatable bonds is 3. The lowest BCUT2D eigenvalue weighted by molar-refractivity contribution is 0.0600. The Morgan fingerprint density at radius 1 is 1.39 bits per heavy atom. The molecule has 0 saturated heterocycles. The summed E-state index contributed by atoms with van der Waals surface area (Å²) in [6, 6.07) is 7.37. The first-order valence-electron chi connectivity index (χ1n) is 5.56. The number of thioether (sulfide) groups is 1. The van der Waals surface area contributed by atoms with Crippen molar-refractivity contribution in [1.82, 2.24) is 0 Å². The van der Waals surface area contributed by atoms with E-state index in [0.717, 1.165) is 11.3 Å². The van der Waals surface area contributed by atoms with Gasteiger partial charge < -0.3 is 4.74 Å². The summed E-state index contributed by atoms with van der Waals surface area (Å²) in [7, 11) is 1.38. The molecule has 94 valence electrons. The van der Waals surface area contributed by atoms with E-state index >= 15 is 0 Å². The molecular weight excluding hydrogens is 268 g/mol. The van der Waals surface area contributed by atoms with Crippen LogP contribution < -0.4 is 0 Å². The fourth-order valence-corrected chi connectivity index (χ4v) is 2.94. The van der Waals surface area contributed by atoms with Crippen LogP contribution in [0.2, 0.25) is 0 Å². The lowest BCUT2D eigenvalue weighted by Crippen LogP contribution is -2.00. The van der Waals surface area contributed by atoms with Crippen molar-refractivity contribution in [3.63, 3.8) is 0 Å². The third-order valence-electron chi connectivity index (χ3n) is 2.52. The average molecular weight is 281 g/mol. The molecule has 0 radical (unpaired) electrons. The second-order valence-corrected chi connectivity index (χ2v) is 5.62. The Morgan fingerprint density at radius 3 is 2.72 bits per heavy atom. The van der Waals surface area contributed by atoms with E-state index in [1.165, 1.54) is 12.0 Å². The van der Waals surface area contributed by atoms with Crippen LogP contribution in [0.1, 0.15) is 16.8 Å². The molecule has 1 aliphatic carbocycles. The van der Waals surface area contributed by atoms with E-state index in [4.69, 9.17) is 11.6 Å². The van der Waals surface area contributed by atoms with Crippen LogP contribution in [0.15, 0.2) is 52.3 Å². The summed E-state index contributed by atoms with van der Waals surface area (Å²) in [5.74, 6) is -0.313. The second kappa shape index (κ2) is 6.12. The molecule has 0 aliphatic heterocycles. The zero-order chi connectivity index (χ0) is 13.0. The van der Waals surface area contributed by atoms with Gasteiger partial charge in [0.1, 0.15) is 0 Å². The molecule has 1 aromatic carbocycles. The minimum Gasteiger partial charge on any atom is -0.465 e. The van der Waals surface area contributed by atoms with Gasteiger partial charge in [0, 0.05) is 4.90 Å². The van der Waals surface area contributed by atoms with E-state index in [-0.39, 0.29) is 11.3 Å². The molecule has 1 atom stereocenters. The number of allylic oxidation sites excluding steroid dienone is 4. The van der Waals surface area contributed by atoms with Crippen molar-refractivity contribution in [2.24, 2.45) is 0 Å². The quantitative estimate of drug-likeness (QED) is 0.618. The van der Waals surface area contributed by atoms with E-state index in [2.05, 4.69) is 10.8 Å². The van der Waals surface area contributed by atoms with E-state index in [9.17, 15) is 4.79 Å². The van der Waals surface area contributed by atoms with Gasteiger partial charge in [0.2, 0.25) is 0 Å². The summed E-state index contributed by atoms with van der Waals surface area (Å²) in [5.41, 5.74) is 0.564. The summed E-state index contributed by atoms with van der Waals surface area (Å²) in [4.78, 5) is 13.6. The lowest BCUT2D eigenvalue weighted by atomic mass is 10.2. The van der Waals surface area contributed by atoms with Crippen LogP contribution in [0.25, 0.3) is 0 Å². The van der Waals surface area contributed by atoms with Gasteiger partial charge in [-0.1, -0.05) is 30.0 Å². The van der Waals surface area contributed by atoms with Crippen molar-refractivity contribution >= 4 is 29.3 Å². The maximum Gasteiger partial charge on any atom is 0.337 e. The number of ether oxygens (including phenoxy) is 1. The first kappa shape index (κ1) is 13.2. The number of carbonyl (C=O) groups is 1. The lowest BCUT2D eigenvalue weighted by Gasteiger charge is -2.12. The molecule has 0 bridgehead atoms. The molecule has 2 rings (SSSR count). The molecule has 0 heterocycles. The summed E-state index contributed by atoms with van der Waals surface area (Å²) in [5, 5.41) is 0.0758. The normalized spacial score (nSPS) is 18.3. The molecule has 4 heteroatoms. The topological polar surface area (TPSA) is 26.3 Å². The fourth-order valence-electron chi connectivity index (χ4n) is 1.62. The molecule has 1 aliphatic rings. The Balaban J connectivity index is 2.05. The second-order valence-electron chi connectivity index (χ2n) is 3.86. The number of hydrogen-bond donors (Lipinski definition) is 0. The highest BCUT2D eigenvalue weighted by Gasteiger charge is 2.10. The van der Waals surface area contributed by atoms with Crippen molar-refractivity contribution in [3.05, 3.63) is 53.0 Å². The zero-order valence-electron chi connectivity index (χ0n) is 9.93. The highest BCUT2D eigenvalue weighted by molar-refractivity contribution is 8.03. The Bertz CT molecular complexity index is 491. The van der Waals surface area contributed by atoms with Gasteiger partial charge in [-0.05, 0) is 35.6 Å². The molecule has 0 fully saturated rings. The van der Waals surface area contributed by atoms with E-state index < -0.39 is 0 Å². The van der Waals surface area contributed by atoms with Gasteiger partial charge in [-0.15, -0.1) is 11.6 Å². The molecule has 1 unspecified atom stereocenters. The maximum absolute atomic E-state index is 11.3. The Labute approximate surface area is 116 Å². The van der Waals surface area contributed by atoms with Crippen molar-refractivity contribution in [2.45, 2.75) is 16.7 Å². The number of halogens is 1. The number of hydrogen-bond acceptors (Lipinski definition) is 3. The molecule has 0 amide bonds. The minimum absolute atomic E-state index is 0.0758.